The minimum Gasteiger partial charge on any atom is -0.489 e. The van der Waals surface area contributed by atoms with Crippen molar-refractivity contribution in [3.63, 3.8) is 0 Å². The summed E-state index contributed by atoms with van der Waals surface area (Å²) in [7, 11) is 1.54. The third-order valence-electron chi connectivity index (χ3n) is 3.30. The van der Waals surface area contributed by atoms with Crippen LogP contribution < -0.4 is 10.1 Å². The summed E-state index contributed by atoms with van der Waals surface area (Å²) >= 11 is 0. The molecule has 0 heterocycles. The first kappa shape index (κ1) is 18.5. The fourth-order valence-electron chi connectivity index (χ4n) is 1.98. The molecule has 1 amide bonds. The molecule has 0 atom stereocenters. The molecule has 0 saturated carbocycles. The number of hydrogen-bond donors (Lipinski definition) is 1. The first-order valence-corrected chi connectivity index (χ1v) is 7.88. The average Bonchev–Trinajstić information content (AvgIpc) is 2.66. The summed E-state index contributed by atoms with van der Waals surface area (Å²) in [6, 6.07) is 16.4. The number of rotatable bonds is 9. The van der Waals surface area contributed by atoms with Crippen LogP contribution in [-0.2, 0) is 20.9 Å². The molecule has 0 radical (unpaired) electrons. The van der Waals surface area contributed by atoms with Gasteiger partial charge in [0.25, 0.3) is 5.91 Å². The highest BCUT2D eigenvalue weighted by Crippen LogP contribution is 2.12. The monoisotopic (exact) mass is 343 g/mol. The van der Waals surface area contributed by atoms with E-state index in [4.69, 9.17) is 14.2 Å². The Hall–Kier alpha value is -2.86. The lowest BCUT2D eigenvalue weighted by molar-refractivity contribution is -0.124. The molecule has 132 valence electrons. The topological polar surface area (TPSA) is 73.9 Å². The first-order valence-electron chi connectivity index (χ1n) is 7.88. The Labute approximate surface area is 146 Å². The van der Waals surface area contributed by atoms with E-state index in [0.717, 1.165) is 11.3 Å². The van der Waals surface area contributed by atoms with Gasteiger partial charge in [0.05, 0.1) is 12.2 Å². The molecule has 2 aromatic rings. The van der Waals surface area contributed by atoms with E-state index in [0.29, 0.717) is 25.3 Å². The van der Waals surface area contributed by atoms with Crippen LogP contribution in [0.15, 0.2) is 54.6 Å². The van der Waals surface area contributed by atoms with Gasteiger partial charge >= 0.3 is 5.97 Å². The molecule has 0 aliphatic heterocycles. The SMILES string of the molecule is COCCNC(=O)COC(=O)c1ccc(COc2ccccc2)cc1. The van der Waals surface area contributed by atoms with Gasteiger partial charge in [-0.3, -0.25) is 4.79 Å². The van der Waals surface area contributed by atoms with Crippen LogP contribution in [0.3, 0.4) is 0 Å². The van der Waals surface area contributed by atoms with Crippen LogP contribution in [0.1, 0.15) is 15.9 Å². The number of hydrogen-bond acceptors (Lipinski definition) is 5. The Morgan fingerprint density at radius 3 is 2.40 bits per heavy atom. The summed E-state index contributed by atoms with van der Waals surface area (Å²) in [6.07, 6.45) is 0. The number of para-hydroxylation sites is 1. The first-order chi connectivity index (χ1) is 12.2. The van der Waals surface area contributed by atoms with Gasteiger partial charge in [-0.05, 0) is 29.8 Å². The molecule has 1 N–H and O–H groups in total. The van der Waals surface area contributed by atoms with E-state index in [1.165, 1.54) is 0 Å². The molecule has 2 aromatic carbocycles. The van der Waals surface area contributed by atoms with E-state index in [2.05, 4.69) is 5.32 Å². The third kappa shape index (κ3) is 6.64. The van der Waals surface area contributed by atoms with Gasteiger partial charge in [0.1, 0.15) is 12.4 Å². The zero-order valence-corrected chi connectivity index (χ0v) is 14.1. The number of ether oxygens (including phenoxy) is 3. The molecular weight excluding hydrogens is 322 g/mol. The van der Waals surface area contributed by atoms with E-state index in [-0.39, 0.29) is 12.5 Å². The van der Waals surface area contributed by atoms with Crippen molar-refractivity contribution in [2.24, 2.45) is 0 Å². The molecule has 6 heteroatoms. The van der Waals surface area contributed by atoms with Crippen LogP contribution in [-0.4, -0.2) is 38.7 Å². The molecule has 0 saturated heterocycles. The van der Waals surface area contributed by atoms with E-state index in [9.17, 15) is 9.59 Å². The van der Waals surface area contributed by atoms with Gasteiger partial charge in [0.15, 0.2) is 6.61 Å². The molecule has 0 aliphatic rings. The van der Waals surface area contributed by atoms with E-state index in [1.807, 2.05) is 30.3 Å². The molecule has 6 nitrogen and oxygen atoms in total. The number of carbonyl (C=O) groups excluding carboxylic acids is 2. The van der Waals surface area contributed by atoms with Crippen molar-refractivity contribution in [1.29, 1.82) is 0 Å². The summed E-state index contributed by atoms with van der Waals surface area (Å²) in [4.78, 5) is 23.4. The van der Waals surface area contributed by atoms with Gasteiger partial charge in [-0.25, -0.2) is 4.79 Å². The smallest absolute Gasteiger partial charge is 0.338 e. The summed E-state index contributed by atoms with van der Waals surface area (Å²) in [5.74, 6) is -0.124. The minimum atomic E-state index is -0.544. The quantitative estimate of drug-likeness (QED) is 0.558. The molecule has 0 spiro atoms. The Morgan fingerprint density at radius 1 is 1.00 bits per heavy atom. The standard InChI is InChI=1S/C19H21NO5/c1-23-12-11-20-18(21)14-25-19(22)16-9-7-15(8-10-16)13-24-17-5-3-2-4-6-17/h2-10H,11-14H2,1H3,(H,20,21). The van der Waals surface area contributed by atoms with E-state index in [1.54, 1.807) is 31.4 Å². The van der Waals surface area contributed by atoms with Crippen LogP contribution in [0.25, 0.3) is 0 Å². The predicted molar refractivity (Wildman–Crippen MR) is 92.4 cm³/mol. The van der Waals surface area contributed by atoms with Crippen LogP contribution >= 0.6 is 0 Å². The molecule has 25 heavy (non-hydrogen) atoms. The van der Waals surface area contributed by atoms with Crippen molar-refractivity contribution >= 4 is 11.9 Å². The lowest BCUT2D eigenvalue weighted by Crippen LogP contribution is -2.31. The number of nitrogens with one attached hydrogen (secondary N) is 1. The van der Waals surface area contributed by atoms with Crippen LogP contribution in [0, 0.1) is 0 Å². The lowest BCUT2D eigenvalue weighted by Gasteiger charge is -2.08. The maximum atomic E-state index is 11.9. The predicted octanol–water partition coefficient (Wildman–Crippen LogP) is 2.18. The van der Waals surface area contributed by atoms with Crippen molar-refractivity contribution < 1.29 is 23.8 Å². The second kappa shape index (κ2) is 10.1. The van der Waals surface area contributed by atoms with Crippen LogP contribution in [0.2, 0.25) is 0 Å². The summed E-state index contributed by atoms with van der Waals surface area (Å²) < 4.78 is 15.4. The van der Waals surface area contributed by atoms with E-state index >= 15 is 0 Å². The molecule has 0 aromatic heterocycles. The Balaban J connectivity index is 1.76. The average molecular weight is 343 g/mol. The maximum absolute atomic E-state index is 11.9. The van der Waals surface area contributed by atoms with E-state index < -0.39 is 5.97 Å². The van der Waals surface area contributed by atoms with Crippen molar-refractivity contribution in [2.45, 2.75) is 6.61 Å². The number of benzene rings is 2. The summed E-state index contributed by atoms with van der Waals surface area (Å²) in [5, 5.41) is 2.57. The fraction of sp³-hybridized carbons (Fsp3) is 0.263. The third-order valence-corrected chi connectivity index (χ3v) is 3.30. The van der Waals surface area contributed by atoms with Gasteiger partial charge in [-0.2, -0.15) is 0 Å². The Kier molecular flexibility index (Phi) is 7.46. The zero-order chi connectivity index (χ0) is 17.9. The number of esters is 1. The highest BCUT2D eigenvalue weighted by atomic mass is 16.5. The maximum Gasteiger partial charge on any atom is 0.338 e. The van der Waals surface area contributed by atoms with Gasteiger partial charge in [0, 0.05) is 13.7 Å². The summed E-state index contributed by atoms with van der Waals surface area (Å²) in [6.45, 7) is 0.873. The molecule has 0 aliphatic carbocycles. The van der Waals surface area contributed by atoms with Crippen molar-refractivity contribution in [3.8, 4) is 5.75 Å². The van der Waals surface area contributed by atoms with Crippen molar-refractivity contribution in [2.75, 3.05) is 26.9 Å². The number of methoxy groups -OCH3 is 1. The highest BCUT2D eigenvalue weighted by molar-refractivity contribution is 5.91. The lowest BCUT2D eigenvalue weighted by atomic mass is 10.1. The second-order valence-electron chi connectivity index (χ2n) is 5.22. The highest BCUT2D eigenvalue weighted by Gasteiger charge is 2.10. The summed E-state index contributed by atoms with van der Waals surface area (Å²) in [5.41, 5.74) is 1.31. The number of carbonyl (C=O) groups is 2. The second-order valence-corrected chi connectivity index (χ2v) is 5.22. The zero-order valence-electron chi connectivity index (χ0n) is 14.1. The largest absolute Gasteiger partial charge is 0.489 e. The minimum absolute atomic E-state index is 0.318. The van der Waals surface area contributed by atoms with Crippen LogP contribution in [0.5, 0.6) is 5.75 Å². The Bertz CT molecular complexity index is 670. The van der Waals surface area contributed by atoms with Gasteiger partial charge < -0.3 is 19.5 Å². The normalized spacial score (nSPS) is 10.1. The van der Waals surface area contributed by atoms with Crippen LogP contribution in [0.4, 0.5) is 0 Å². The van der Waals surface area contributed by atoms with Gasteiger partial charge in [-0.15, -0.1) is 0 Å². The molecule has 2 rings (SSSR count). The van der Waals surface area contributed by atoms with Gasteiger partial charge in [-0.1, -0.05) is 30.3 Å². The van der Waals surface area contributed by atoms with Crippen molar-refractivity contribution in [3.05, 3.63) is 65.7 Å². The molecule has 0 bridgehead atoms. The fourth-order valence-corrected chi connectivity index (χ4v) is 1.98. The molecule has 0 unspecified atom stereocenters. The molecular formula is C19H21NO5. The van der Waals surface area contributed by atoms with Gasteiger partial charge in [0.2, 0.25) is 0 Å². The van der Waals surface area contributed by atoms with Crippen molar-refractivity contribution in [1.82, 2.24) is 5.32 Å². The molecule has 0 fully saturated rings. The number of amides is 1. The Morgan fingerprint density at radius 2 is 1.72 bits per heavy atom.